The zero-order chi connectivity index (χ0) is 26.3. The third kappa shape index (κ3) is 9.43. The molecule has 1 fully saturated rings. The molecule has 3 heterocycles. The number of imidazole rings is 1. The topological polar surface area (TPSA) is 117 Å². The van der Waals surface area contributed by atoms with Gasteiger partial charge in [-0.05, 0) is 96.6 Å². The fourth-order valence-electron chi connectivity index (χ4n) is 4.73. The molecule has 1 saturated heterocycles. The minimum Gasteiger partial charge on any atom is -0.358 e. The zero-order valence-corrected chi connectivity index (χ0v) is 23.7. The number of aryl methyl sites for hydroxylation is 3. The number of hydrogen-bond acceptors (Lipinski definition) is 7. The molecule has 0 aromatic carbocycles. The zero-order valence-electron chi connectivity index (χ0n) is 23.7. The highest BCUT2D eigenvalue weighted by molar-refractivity contribution is 5.52. The van der Waals surface area contributed by atoms with E-state index in [1.165, 1.54) is 56.2 Å². The third-order valence-electron chi connectivity index (χ3n) is 6.50. The molecule has 1 atom stereocenters. The molecule has 0 radical (unpaired) electrons. The Morgan fingerprint density at radius 2 is 1.92 bits per heavy atom. The Labute approximate surface area is 224 Å². The Bertz CT molecular complexity index is 992. The summed E-state index contributed by atoms with van der Waals surface area (Å²) >= 11 is 0. The van der Waals surface area contributed by atoms with Gasteiger partial charge in [-0.2, -0.15) is 5.26 Å². The molecule has 1 unspecified atom stereocenters. The van der Waals surface area contributed by atoms with Crippen molar-refractivity contribution in [2.24, 2.45) is 5.92 Å². The third-order valence-corrected chi connectivity index (χ3v) is 6.50. The molecule has 0 amide bonds. The minimum atomic E-state index is 0. The van der Waals surface area contributed by atoms with E-state index in [4.69, 9.17) is 0 Å². The van der Waals surface area contributed by atoms with Crippen molar-refractivity contribution in [2.45, 2.75) is 65.3 Å². The lowest BCUT2D eigenvalue weighted by molar-refractivity contribution is 0.385. The highest BCUT2D eigenvalue weighted by Crippen LogP contribution is 2.25. The number of likely N-dealkylation sites (tertiary alicyclic amines) is 1. The molecule has 5 N–H and O–H groups in total. The van der Waals surface area contributed by atoms with Gasteiger partial charge < -0.3 is 21.7 Å². The molecule has 2 aromatic heterocycles. The Balaban J connectivity index is 0.000000403. The number of aromatic nitrogens is 3. The second-order valence-corrected chi connectivity index (χ2v) is 9.53. The quantitative estimate of drug-likeness (QED) is 0.494. The average molecular weight is 509 g/mol. The number of rotatable bonds is 5. The van der Waals surface area contributed by atoms with E-state index < -0.39 is 0 Å². The van der Waals surface area contributed by atoms with Crippen LogP contribution in [0.15, 0.2) is 37.1 Å². The summed E-state index contributed by atoms with van der Waals surface area (Å²) in [5.41, 5.74) is 4.20. The maximum Gasteiger partial charge on any atom is 0.150 e. The molecule has 8 heteroatoms. The Morgan fingerprint density at radius 1 is 1.19 bits per heavy atom. The SMILES string of the molecule is C=C/C=C(/N1CCCC(C)CC1)n1c(C)nc(CNC)c1C#N.CNC.N.c1cnc2c(c1)CCCC2. The molecular formula is C29H48N8. The Morgan fingerprint density at radius 3 is 2.57 bits per heavy atom. The van der Waals surface area contributed by atoms with Crippen molar-refractivity contribution < 1.29 is 0 Å². The number of hydrogen-bond donors (Lipinski definition) is 3. The van der Waals surface area contributed by atoms with E-state index in [1.54, 1.807) is 6.08 Å². The van der Waals surface area contributed by atoms with Crippen LogP contribution >= 0.6 is 0 Å². The summed E-state index contributed by atoms with van der Waals surface area (Å²) in [6, 6.07) is 6.56. The molecular weight excluding hydrogens is 460 g/mol. The van der Waals surface area contributed by atoms with Gasteiger partial charge in [-0.25, -0.2) is 4.98 Å². The minimum absolute atomic E-state index is 0. The fraction of sp³-hybridized carbons (Fsp3) is 0.552. The van der Waals surface area contributed by atoms with Gasteiger partial charge in [-0.15, -0.1) is 0 Å². The highest BCUT2D eigenvalue weighted by Gasteiger charge is 2.22. The van der Waals surface area contributed by atoms with Crippen LogP contribution in [0.2, 0.25) is 0 Å². The first-order valence-electron chi connectivity index (χ1n) is 13.2. The molecule has 2 aromatic rings. The van der Waals surface area contributed by atoms with Crippen molar-refractivity contribution in [3.8, 4) is 6.07 Å². The lowest BCUT2D eigenvalue weighted by Crippen LogP contribution is -2.27. The van der Waals surface area contributed by atoms with Gasteiger partial charge >= 0.3 is 0 Å². The van der Waals surface area contributed by atoms with Gasteiger partial charge in [0.1, 0.15) is 23.4 Å². The van der Waals surface area contributed by atoms with E-state index in [9.17, 15) is 5.26 Å². The fourth-order valence-corrected chi connectivity index (χ4v) is 4.73. The summed E-state index contributed by atoms with van der Waals surface area (Å²) in [7, 11) is 5.62. The van der Waals surface area contributed by atoms with Crippen molar-refractivity contribution in [3.63, 3.8) is 0 Å². The first-order chi connectivity index (χ1) is 17.5. The van der Waals surface area contributed by atoms with E-state index in [-0.39, 0.29) is 6.15 Å². The number of allylic oxidation sites excluding steroid dienone is 2. The lowest BCUT2D eigenvalue weighted by atomic mass is 9.96. The van der Waals surface area contributed by atoms with E-state index in [0.29, 0.717) is 12.2 Å². The molecule has 0 spiro atoms. The predicted molar refractivity (Wildman–Crippen MR) is 154 cm³/mol. The largest absolute Gasteiger partial charge is 0.358 e. The van der Waals surface area contributed by atoms with Gasteiger partial charge in [0.15, 0.2) is 0 Å². The van der Waals surface area contributed by atoms with Gasteiger partial charge in [0, 0.05) is 31.5 Å². The molecule has 4 rings (SSSR count). The van der Waals surface area contributed by atoms with Crippen LogP contribution in [0.25, 0.3) is 5.82 Å². The normalized spacial score (nSPS) is 16.9. The second-order valence-electron chi connectivity index (χ2n) is 9.53. The van der Waals surface area contributed by atoms with Crippen LogP contribution in [0.5, 0.6) is 0 Å². The smallest absolute Gasteiger partial charge is 0.150 e. The predicted octanol–water partition coefficient (Wildman–Crippen LogP) is 4.85. The van der Waals surface area contributed by atoms with Crippen LogP contribution in [0.4, 0.5) is 0 Å². The van der Waals surface area contributed by atoms with Crippen LogP contribution in [0.1, 0.15) is 67.5 Å². The first-order valence-corrected chi connectivity index (χ1v) is 13.2. The summed E-state index contributed by atoms with van der Waals surface area (Å²) in [5, 5.41) is 15.5. The Hall–Kier alpha value is -2.99. The van der Waals surface area contributed by atoms with Crippen molar-refractivity contribution in [1.29, 1.82) is 5.26 Å². The molecule has 1 aliphatic carbocycles. The standard InChI is InChI=1S/C18H27N5.C9H11N.C2H7N.H3N/c1-5-7-18(22-10-6-8-14(2)9-11-22)23-15(3)21-16(13-20-4)17(23)12-19;1-2-6-9-8(4-1)5-3-7-10-9;1-3-2;/h5,7,14,20H,1,6,8-11,13H2,2-4H3;3,5,7H,1-2,4,6H2;3H,1-2H3;1H3/b18-7-;;;. The Kier molecular flexibility index (Phi) is 15.1. The molecule has 204 valence electrons. The summed E-state index contributed by atoms with van der Waals surface area (Å²) < 4.78 is 1.98. The summed E-state index contributed by atoms with van der Waals surface area (Å²) in [5.74, 6) is 2.61. The highest BCUT2D eigenvalue weighted by atomic mass is 15.3. The van der Waals surface area contributed by atoms with Crippen molar-refractivity contribution in [2.75, 3.05) is 34.2 Å². The summed E-state index contributed by atoms with van der Waals surface area (Å²) in [6.07, 6.45) is 14.4. The van der Waals surface area contributed by atoms with Crippen LogP contribution in [0, 0.1) is 24.2 Å². The second kappa shape index (κ2) is 17.5. The lowest BCUT2D eigenvalue weighted by Gasteiger charge is -2.27. The van der Waals surface area contributed by atoms with Crippen molar-refractivity contribution >= 4 is 5.82 Å². The number of nitrogens with one attached hydrogen (secondary N) is 2. The molecule has 37 heavy (non-hydrogen) atoms. The van der Waals surface area contributed by atoms with E-state index in [0.717, 1.165) is 36.3 Å². The van der Waals surface area contributed by atoms with Crippen LogP contribution in [0.3, 0.4) is 0 Å². The maximum absolute atomic E-state index is 9.64. The van der Waals surface area contributed by atoms with Crippen molar-refractivity contribution in [1.82, 2.24) is 36.2 Å². The van der Waals surface area contributed by atoms with Gasteiger partial charge in [0.25, 0.3) is 0 Å². The van der Waals surface area contributed by atoms with Gasteiger partial charge in [-0.1, -0.05) is 25.6 Å². The molecule has 0 saturated carbocycles. The number of nitrogens with zero attached hydrogens (tertiary/aromatic N) is 5. The number of nitriles is 1. The van der Waals surface area contributed by atoms with E-state index in [2.05, 4.69) is 51.1 Å². The van der Waals surface area contributed by atoms with E-state index >= 15 is 0 Å². The van der Waals surface area contributed by atoms with Crippen LogP contribution in [-0.2, 0) is 19.4 Å². The van der Waals surface area contributed by atoms with Gasteiger partial charge in [0.2, 0.25) is 0 Å². The average Bonchev–Trinajstić information content (AvgIpc) is 3.04. The van der Waals surface area contributed by atoms with Crippen LogP contribution in [-0.4, -0.2) is 53.7 Å². The number of pyridine rings is 1. The van der Waals surface area contributed by atoms with Crippen molar-refractivity contribution in [3.05, 3.63) is 65.5 Å². The molecule has 1 aliphatic heterocycles. The molecule has 0 bridgehead atoms. The summed E-state index contributed by atoms with van der Waals surface area (Å²) in [4.78, 5) is 11.3. The summed E-state index contributed by atoms with van der Waals surface area (Å²) in [6.45, 7) is 10.7. The van der Waals surface area contributed by atoms with Gasteiger partial charge in [-0.3, -0.25) is 9.55 Å². The van der Waals surface area contributed by atoms with Crippen LogP contribution < -0.4 is 16.8 Å². The monoisotopic (exact) mass is 508 g/mol. The van der Waals surface area contributed by atoms with E-state index in [1.807, 2.05) is 51.0 Å². The molecule has 8 nitrogen and oxygen atoms in total. The first kappa shape index (κ1) is 32.0. The van der Waals surface area contributed by atoms with Gasteiger partial charge in [0.05, 0.1) is 5.69 Å². The number of fused-ring (bicyclic) bond motifs is 1. The molecule has 2 aliphatic rings. The maximum atomic E-state index is 9.64.